The summed E-state index contributed by atoms with van der Waals surface area (Å²) in [5.41, 5.74) is 0. The van der Waals surface area contributed by atoms with Gasteiger partial charge >= 0.3 is 0 Å². The highest BCUT2D eigenvalue weighted by Gasteiger charge is 2.08. The van der Waals surface area contributed by atoms with Gasteiger partial charge in [-0.05, 0) is 6.42 Å². The number of carbonyl (C=O) groups is 1. The standard InChI is InChI=1S/C12H22N4OS2/c1-4-5-6-7-8-13-10(17)9-18-12-15-14-11(19-12)16(2)3/h4-9H2,1-3H3,(H,13,17). The van der Waals surface area contributed by atoms with Crippen molar-refractivity contribution < 1.29 is 4.79 Å². The van der Waals surface area contributed by atoms with E-state index in [9.17, 15) is 4.79 Å². The Kier molecular flexibility index (Phi) is 7.81. The molecule has 1 rings (SSSR count). The van der Waals surface area contributed by atoms with E-state index in [0.29, 0.717) is 5.75 Å². The number of aromatic nitrogens is 2. The average Bonchev–Trinajstić information content (AvgIpc) is 2.85. The van der Waals surface area contributed by atoms with Crippen molar-refractivity contribution in [1.82, 2.24) is 15.5 Å². The van der Waals surface area contributed by atoms with Crippen LogP contribution in [0.5, 0.6) is 0 Å². The van der Waals surface area contributed by atoms with E-state index in [2.05, 4.69) is 22.4 Å². The van der Waals surface area contributed by atoms with Gasteiger partial charge in [0, 0.05) is 20.6 Å². The second kappa shape index (κ2) is 9.14. The fraction of sp³-hybridized carbons (Fsp3) is 0.750. The van der Waals surface area contributed by atoms with Gasteiger partial charge in [0.2, 0.25) is 11.0 Å². The fourth-order valence-electron chi connectivity index (χ4n) is 1.40. The summed E-state index contributed by atoms with van der Waals surface area (Å²) in [6.45, 7) is 2.96. The average molecular weight is 302 g/mol. The fourth-order valence-corrected chi connectivity index (χ4v) is 2.99. The second-order valence-electron chi connectivity index (χ2n) is 4.44. The molecule has 0 saturated carbocycles. The number of hydrogen-bond donors (Lipinski definition) is 1. The molecule has 0 aliphatic rings. The first-order valence-electron chi connectivity index (χ1n) is 6.53. The Labute approximate surface area is 123 Å². The molecule has 0 aliphatic heterocycles. The molecule has 1 N–H and O–H groups in total. The third-order valence-corrected chi connectivity index (χ3v) is 4.68. The van der Waals surface area contributed by atoms with Crippen molar-refractivity contribution in [2.75, 3.05) is 31.3 Å². The first-order valence-corrected chi connectivity index (χ1v) is 8.34. The summed E-state index contributed by atoms with van der Waals surface area (Å²) in [6, 6.07) is 0. The molecule has 0 fully saturated rings. The van der Waals surface area contributed by atoms with E-state index < -0.39 is 0 Å². The van der Waals surface area contributed by atoms with E-state index >= 15 is 0 Å². The normalized spacial score (nSPS) is 10.5. The Morgan fingerprint density at radius 2 is 2.11 bits per heavy atom. The second-order valence-corrected chi connectivity index (χ2v) is 6.62. The molecule has 1 aromatic rings. The van der Waals surface area contributed by atoms with Gasteiger partial charge in [-0.1, -0.05) is 49.3 Å². The monoisotopic (exact) mass is 302 g/mol. The summed E-state index contributed by atoms with van der Waals surface area (Å²) in [4.78, 5) is 13.5. The smallest absolute Gasteiger partial charge is 0.230 e. The maximum absolute atomic E-state index is 11.6. The summed E-state index contributed by atoms with van der Waals surface area (Å²) in [5, 5.41) is 11.9. The van der Waals surface area contributed by atoms with Gasteiger partial charge in [0.05, 0.1) is 5.75 Å². The topological polar surface area (TPSA) is 58.1 Å². The first-order chi connectivity index (χ1) is 9.13. The number of anilines is 1. The molecule has 1 aromatic heterocycles. The number of hydrogen-bond acceptors (Lipinski definition) is 6. The van der Waals surface area contributed by atoms with Gasteiger partial charge in [-0.25, -0.2) is 0 Å². The van der Waals surface area contributed by atoms with E-state index in [0.717, 1.165) is 22.4 Å². The maximum Gasteiger partial charge on any atom is 0.230 e. The van der Waals surface area contributed by atoms with E-state index in [1.54, 1.807) is 0 Å². The van der Waals surface area contributed by atoms with Gasteiger partial charge < -0.3 is 10.2 Å². The SMILES string of the molecule is CCCCCCNC(=O)CSc1nnc(N(C)C)s1. The van der Waals surface area contributed by atoms with E-state index in [4.69, 9.17) is 0 Å². The van der Waals surface area contributed by atoms with Crippen LogP contribution in [0.2, 0.25) is 0 Å². The van der Waals surface area contributed by atoms with Crippen LogP contribution in [0, 0.1) is 0 Å². The molecule has 1 amide bonds. The predicted molar refractivity (Wildman–Crippen MR) is 82.1 cm³/mol. The largest absolute Gasteiger partial charge is 0.355 e. The molecule has 0 bridgehead atoms. The van der Waals surface area contributed by atoms with Crippen molar-refractivity contribution >= 4 is 34.1 Å². The molecule has 0 radical (unpaired) electrons. The maximum atomic E-state index is 11.6. The first kappa shape index (κ1) is 16.2. The zero-order chi connectivity index (χ0) is 14.1. The highest BCUT2D eigenvalue weighted by atomic mass is 32.2. The van der Waals surface area contributed by atoms with Crippen LogP contribution in [0.4, 0.5) is 5.13 Å². The Balaban J connectivity index is 2.15. The number of amides is 1. The number of unbranched alkanes of at least 4 members (excludes halogenated alkanes) is 3. The van der Waals surface area contributed by atoms with Gasteiger partial charge in [0.15, 0.2) is 4.34 Å². The van der Waals surface area contributed by atoms with Crippen LogP contribution in [0.1, 0.15) is 32.6 Å². The summed E-state index contributed by atoms with van der Waals surface area (Å²) >= 11 is 2.95. The number of nitrogens with zero attached hydrogens (tertiary/aromatic N) is 3. The number of rotatable bonds is 9. The van der Waals surface area contributed by atoms with Crippen LogP contribution >= 0.6 is 23.1 Å². The van der Waals surface area contributed by atoms with Gasteiger partial charge in [-0.15, -0.1) is 10.2 Å². The molecule has 0 spiro atoms. The van der Waals surface area contributed by atoms with E-state index in [1.165, 1.54) is 42.4 Å². The molecule has 0 aromatic carbocycles. The molecular weight excluding hydrogens is 280 g/mol. The van der Waals surface area contributed by atoms with Crippen molar-refractivity contribution in [3.8, 4) is 0 Å². The quantitative estimate of drug-likeness (QED) is 0.561. The highest BCUT2D eigenvalue weighted by Crippen LogP contribution is 2.26. The van der Waals surface area contributed by atoms with Crippen molar-refractivity contribution in [1.29, 1.82) is 0 Å². The molecule has 0 aliphatic carbocycles. The van der Waals surface area contributed by atoms with Crippen LogP contribution in [0.15, 0.2) is 4.34 Å². The van der Waals surface area contributed by atoms with E-state index in [-0.39, 0.29) is 5.91 Å². The Hall–Kier alpha value is -0.820. The van der Waals surface area contributed by atoms with Crippen LogP contribution in [0.3, 0.4) is 0 Å². The van der Waals surface area contributed by atoms with Crippen LogP contribution < -0.4 is 10.2 Å². The lowest BCUT2D eigenvalue weighted by atomic mass is 10.2. The molecular formula is C12H22N4OS2. The summed E-state index contributed by atoms with van der Waals surface area (Å²) < 4.78 is 0.838. The van der Waals surface area contributed by atoms with Crippen LogP contribution in [0.25, 0.3) is 0 Å². The van der Waals surface area contributed by atoms with Gasteiger partial charge in [0.25, 0.3) is 0 Å². The van der Waals surface area contributed by atoms with Crippen molar-refractivity contribution in [2.24, 2.45) is 0 Å². The van der Waals surface area contributed by atoms with Gasteiger partial charge in [-0.3, -0.25) is 4.79 Å². The molecule has 7 heteroatoms. The molecule has 19 heavy (non-hydrogen) atoms. The Morgan fingerprint density at radius 3 is 2.74 bits per heavy atom. The Bertz CT molecular complexity index is 382. The minimum Gasteiger partial charge on any atom is -0.355 e. The molecule has 1 heterocycles. The summed E-state index contributed by atoms with van der Waals surface area (Å²) in [7, 11) is 3.86. The highest BCUT2D eigenvalue weighted by molar-refractivity contribution is 8.01. The van der Waals surface area contributed by atoms with E-state index in [1.807, 2.05) is 19.0 Å². The number of thioether (sulfide) groups is 1. The van der Waals surface area contributed by atoms with Crippen molar-refractivity contribution in [3.05, 3.63) is 0 Å². The summed E-state index contributed by atoms with van der Waals surface area (Å²) in [6.07, 6.45) is 4.71. The third-order valence-electron chi connectivity index (χ3n) is 2.46. The van der Waals surface area contributed by atoms with Crippen molar-refractivity contribution in [2.45, 2.75) is 36.9 Å². The number of nitrogens with one attached hydrogen (secondary N) is 1. The number of carbonyl (C=O) groups excluding carboxylic acids is 1. The minimum atomic E-state index is 0.0723. The zero-order valence-corrected chi connectivity index (χ0v) is 13.4. The van der Waals surface area contributed by atoms with Crippen LogP contribution in [-0.4, -0.2) is 42.5 Å². The van der Waals surface area contributed by atoms with Gasteiger partial charge in [-0.2, -0.15) is 0 Å². The molecule has 0 atom stereocenters. The van der Waals surface area contributed by atoms with Gasteiger partial charge in [0.1, 0.15) is 0 Å². The molecule has 0 saturated heterocycles. The molecule has 0 unspecified atom stereocenters. The lowest BCUT2D eigenvalue weighted by Gasteiger charge is -2.04. The predicted octanol–water partition coefficient (Wildman–Crippen LogP) is 2.39. The van der Waals surface area contributed by atoms with Crippen molar-refractivity contribution in [3.63, 3.8) is 0 Å². The molecule has 5 nitrogen and oxygen atoms in total. The lowest BCUT2D eigenvalue weighted by molar-refractivity contribution is -0.118. The molecule has 108 valence electrons. The Morgan fingerprint density at radius 1 is 1.32 bits per heavy atom. The van der Waals surface area contributed by atoms with Crippen LogP contribution in [-0.2, 0) is 4.79 Å². The minimum absolute atomic E-state index is 0.0723. The lowest BCUT2D eigenvalue weighted by Crippen LogP contribution is -2.26. The summed E-state index contributed by atoms with van der Waals surface area (Å²) in [5.74, 6) is 0.485. The zero-order valence-electron chi connectivity index (χ0n) is 11.8. The third kappa shape index (κ3) is 6.77.